The summed E-state index contributed by atoms with van der Waals surface area (Å²) in [5.74, 6) is 0.682. The van der Waals surface area contributed by atoms with Crippen molar-refractivity contribution in [2.24, 2.45) is 5.92 Å². The van der Waals surface area contributed by atoms with Gasteiger partial charge >= 0.3 is 6.09 Å². The van der Waals surface area contributed by atoms with Gasteiger partial charge in [0.25, 0.3) is 0 Å². The number of hydrogen-bond acceptors (Lipinski definition) is 3. The van der Waals surface area contributed by atoms with Gasteiger partial charge in [-0.25, -0.2) is 4.79 Å². The minimum Gasteiger partial charge on any atom is -0.441 e. The number of nitrogens with one attached hydrogen (secondary N) is 1. The maximum atomic E-state index is 11.2. The molecule has 1 saturated carbocycles. The lowest BCUT2D eigenvalue weighted by molar-refractivity contribution is 0.0252. The van der Waals surface area contributed by atoms with Gasteiger partial charge in [0.05, 0.1) is 12.1 Å². The van der Waals surface area contributed by atoms with Crippen LogP contribution in [0.2, 0.25) is 0 Å². The topological polar surface area (TPSA) is 58.6 Å². The molecule has 92 valence electrons. The summed E-state index contributed by atoms with van der Waals surface area (Å²) in [7, 11) is 0. The van der Waals surface area contributed by atoms with Crippen LogP contribution in [0.1, 0.15) is 45.4 Å². The molecule has 0 aromatic carbocycles. The van der Waals surface area contributed by atoms with E-state index in [0.717, 1.165) is 6.42 Å². The maximum absolute atomic E-state index is 11.2. The Morgan fingerprint density at radius 2 is 2.12 bits per heavy atom. The predicted octanol–water partition coefficient (Wildman–Crippen LogP) is 1.81. The van der Waals surface area contributed by atoms with Gasteiger partial charge in [0, 0.05) is 0 Å². The zero-order valence-electron chi connectivity index (χ0n) is 9.82. The van der Waals surface area contributed by atoms with Crippen LogP contribution in [0, 0.1) is 5.92 Å². The number of rotatable bonds is 3. The van der Waals surface area contributed by atoms with Crippen molar-refractivity contribution in [3.05, 3.63) is 0 Å². The van der Waals surface area contributed by atoms with Crippen LogP contribution in [0.25, 0.3) is 0 Å². The van der Waals surface area contributed by atoms with Crippen molar-refractivity contribution in [1.82, 2.24) is 5.32 Å². The van der Waals surface area contributed by atoms with Crippen molar-refractivity contribution >= 4 is 6.09 Å². The van der Waals surface area contributed by atoms with Gasteiger partial charge in [-0.15, -0.1) is 0 Å². The van der Waals surface area contributed by atoms with Crippen LogP contribution in [-0.4, -0.2) is 29.4 Å². The lowest BCUT2D eigenvalue weighted by Gasteiger charge is -2.26. The fraction of sp³-hybridized carbons (Fsp3) is 0.917. The van der Waals surface area contributed by atoms with E-state index < -0.39 is 6.10 Å². The number of alkyl carbamates (subject to hydrolysis) is 1. The molecule has 1 saturated heterocycles. The van der Waals surface area contributed by atoms with Gasteiger partial charge in [0.15, 0.2) is 0 Å². The molecule has 16 heavy (non-hydrogen) atoms. The Bertz CT molecular complexity index is 249. The highest BCUT2D eigenvalue weighted by atomic mass is 16.6. The van der Waals surface area contributed by atoms with Crippen molar-refractivity contribution < 1.29 is 14.6 Å². The first-order valence-electron chi connectivity index (χ1n) is 6.32. The van der Waals surface area contributed by atoms with Crippen LogP contribution < -0.4 is 5.32 Å². The molecule has 0 spiro atoms. The van der Waals surface area contributed by atoms with Crippen LogP contribution in [0.15, 0.2) is 0 Å². The van der Waals surface area contributed by atoms with E-state index in [4.69, 9.17) is 4.74 Å². The Hall–Kier alpha value is -0.770. The summed E-state index contributed by atoms with van der Waals surface area (Å²) in [6.07, 6.45) is 6.04. The van der Waals surface area contributed by atoms with E-state index in [1.54, 1.807) is 6.92 Å². The summed E-state index contributed by atoms with van der Waals surface area (Å²) in [4.78, 5) is 11.2. The molecular formula is C12H21NO3. The quantitative estimate of drug-likeness (QED) is 0.773. The second-order valence-corrected chi connectivity index (χ2v) is 5.10. The lowest BCUT2D eigenvalue weighted by Crippen LogP contribution is -2.39. The Morgan fingerprint density at radius 1 is 1.44 bits per heavy atom. The molecule has 1 aliphatic heterocycles. The maximum Gasteiger partial charge on any atom is 0.407 e. The number of amides is 1. The number of cyclic esters (lactones) is 1. The standard InChI is InChI=1S/C12H21NO3/c1-8(14)11-10(13-12(15)16-11)7-9-5-3-2-4-6-9/h8-11,14H,2-7H2,1H3,(H,13,15)/t8-,10-,11-/m0/s1. The van der Waals surface area contributed by atoms with E-state index in [9.17, 15) is 9.90 Å². The molecule has 0 bridgehead atoms. The summed E-state index contributed by atoms with van der Waals surface area (Å²) in [5, 5.41) is 12.4. The SMILES string of the molecule is C[C@H](O)[C@@H]1OC(=O)N[C@H]1CC1CCCCC1. The van der Waals surface area contributed by atoms with Crippen molar-refractivity contribution in [1.29, 1.82) is 0 Å². The first kappa shape index (κ1) is 11.7. The van der Waals surface area contributed by atoms with Crippen LogP contribution in [-0.2, 0) is 4.74 Å². The molecule has 4 nitrogen and oxygen atoms in total. The molecule has 2 fully saturated rings. The van der Waals surface area contributed by atoms with Gasteiger partial charge in [-0.1, -0.05) is 32.1 Å². The van der Waals surface area contributed by atoms with Gasteiger partial charge in [0.2, 0.25) is 0 Å². The fourth-order valence-electron chi connectivity index (χ4n) is 2.88. The third-order valence-corrected chi connectivity index (χ3v) is 3.73. The van der Waals surface area contributed by atoms with Crippen molar-refractivity contribution in [2.45, 2.75) is 63.7 Å². The molecular weight excluding hydrogens is 206 g/mol. The average Bonchev–Trinajstić information content (AvgIpc) is 2.61. The number of hydrogen-bond donors (Lipinski definition) is 2. The predicted molar refractivity (Wildman–Crippen MR) is 60.1 cm³/mol. The summed E-state index contributed by atoms with van der Waals surface area (Å²) in [6, 6.07) is -0.00407. The summed E-state index contributed by atoms with van der Waals surface area (Å²) >= 11 is 0. The number of ether oxygens (including phenoxy) is 1. The van der Waals surface area contributed by atoms with E-state index in [-0.39, 0.29) is 18.2 Å². The molecule has 3 atom stereocenters. The molecule has 0 aromatic rings. The number of aliphatic hydroxyl groups is 1. The third kappa shape index (κ3) is 2.67. The van der Waals surface area contributed by atoms with Gasteiger partial charge in [-0.2, -0.15) is 0 Å². The molecule has 0 aromatic heterocycles. The van der Waals surface area contributed by atoms with E-state index >= 15 is 0 Å². The Kier molecular flexibility index (Phi) is 3.69. The zero-order valence-corrected chi connectivity index (χ0v) is 9.82. The Labute approximate surface area is 96.4 Å². The molecule has 1 amide bonds. The second-order valence-electron chi connectivity index (χ2n) is 5.10. The number of carbonyl (C=O) groups excluding carboxylic acids is 1. The second kappa shape index (κ2) is 5.04. The van der Waals surface area contributed by atoms with Crippen LogP contribution in [0.5, 0.6) is 0 Å². The molecule has 1 aliphatic carbocycles. The first-order valence-corrected chi connectivity index (χ1v) is 6.32. The van der Waals surface area contributed by atoms with Gasteiger partial charge < -0.3 is 15.2 Å². The van der Waals surface area contributed by atoms with Crippen molar-refractivity contribution in [3.8, 4) is 0 Å². The number of carbonyl (C=O) groups is 1. The summed E-state index contributed by atoms with van der Waals surface area (Å²) in [5.41, 5.74) is 0. The Balaban J connectivity index is 1.89. The normalized spacial score (nSPS) is 33.2. The highest BCUT2D eigenvalue weighted by molar-refractivity contribution is 5.70. The van der Waals surface area contributed by atoms with E-state index in [2.05, 4.69) is 5.32 Å². The monoisotopic (exact) mass is 227 g/mol. The van der Waals surface area contributed by atoms with Crippen LogP contribution in [0.4, 0.5) is 4.79 Å². The molecule has 0 unspecified atom stereocenters. The molecule has 1 heterocycles. The van der Waals surface area contributed by atoms with E-state index in [1.807, 2.05) is 0 Å². The average molecular weight is 227 g/mol. The number of aliphatic hydroxyl groups excluding tert-OH is 1. The molecule has 2 rings (SSSR count). The van der Waals surface area contributed by atoms with Gasteiger partial charge in [-0.05, 0) is 19.3 Å². The van der Waals surface area contributed by atoms with Crippen LogP contribution >= 0.6 is 0 Å². The summed E-state index contributed by atoms with van der Waals surface area (Å²) < 4.78 is 5.08. The fourth-order valence-corrected chi connectivity index (χ4v) is 2.88. The zero-order chi connectivity index (χ0) is 11.5. The highest BCUT2D eigenvalue weighted by Gasteiger charge is 2.38. The minimum atomic E-state index is -0.590. The minimum absolute atomic E-state index is 0.00407. The van der Waals surface area contributed by atoms with Crippen molar-refractivity contribution in [2.75, 3.05) is 0 Å². The third-order valence-electron chi connectivity index (χ3n) is 3.73. The summed E-state index contributed by atoms with van der Waals surface area (Å²) in [6.45, 7) is 1.68. The van der Waals surface area contributed by atoms with E-state index in [0.29, 0.717) is 5.92 Å². The highest BCUT2D eigenvalue weighted by Crippen LogP contribution is 2.30. The molecule has 2 N–H and O–H groups in total. The van der Waals surface area contributed by atoms with Crippen LogP contribution in [0.3, 0.4) is 0 Å². The van der Waals surface area contributed by atoms with Crippen molar-refractivity contribution in [3.63, 3.8) is 0 Å². The largest absolute Gasteiger partial charge is 0.441 e. The smallest absolute Gasteiger partial charge is 0.407 e. The first-order chi connectivity index (χ1) is 7.66. The molecule has 0 radical (unpaired) electrons. The Morgan fingerprint density at radius 3 is 2.75 bits per heavy atom. The lowest BCUT2D eigenvalue weighted by atomic mass is 9.83. The van der Waals surface area contributed by atoms with Gasteiger partial charge in [-0.3, -0.25) is 0 Å². The molecule has 2 aliphatic rings. The molecule has 4 heteroatoms. The van der Waals surface area contributed by atoms with Gasteiger partial charge in [0.1, 0.15) is 6.10 Å². The van der Waals surface area contributed by atoms with E-state index in [1.165, 1.54) is 32.1 Å².